The lowest BCUT2D eigenvalue weighted by molar-refractivity contribution is -0.132. The Morgan fingerprint density at radius 3 is 2.41 bits per heavy atom. The van der Waals surface area contributed by atoms with E-state index in [-0.39, 0.29) is 11.8 Å². The van der Waals surface area contributed by atoms with Crippen molar-refractivity contribution in [1.82, 2.24) is 20.1 Å². The van der Waals surface area contributed by atoms with Gasteiger partial charge in [0.2, 0.25) is 5.91 Å². The molecule has 1 saturated heterocycles. The van der Waals surface area contributed by atoms with Crippen LogP contribution in [-0.4, -0.2) is 59.3 Å². The zero-order valence-electron chi connectivity index (χ0n) is 16.4. The number of H-pyrrole nitrogens is 1. The van der Waals surface area contributed by atoms with Gasteiger partial charge >= 0.3 is 0 Å². The average Bonchev–Trinajstić information content (AvgIpc) is 3.19. The summed E-state index contributed by atoms with van der Waals surface area (Å²) in [6.07, 6.45) is 0.324. The molecule has 0 spiro atoms. The number of aromatic nitrogens is 1. The Labute approximate surface area is 170 Å². The molecule has 0 unspecified atom stereocenters. The number of piperazine rings is 1. The lowest BCUT2D eigenvalue weighted by Crippen LogP contribution is -2.48. The lowest BCUT2D eigenvalue weighted by Gasteiger charge is -2.34. The number of aromatic amines is 1. The molecule has 6 heteroatoms. The van der Waals surface area contributed by atoms with Crippen LogP contribution in [0.5, 0.6) is 0 Å². The molecule has 1 aromatic heterocycles. The van der Waals surface area contributed by atoms with E-state index in [1.807, 2.05) is 41.3 Å². The van der Waals surface area contributed by atoms with Gasteiger partial charge in [-0.3, -0.25) is 14.5 Å². The first-order valence-electron chi connectivity index (χ1n) is 10.1. The third-order valence-corrected chi connectivity index (χ3v) is 5.37. The van der Waals surface area contributed by atoms with E-state index in [0.29, 0.717) is 18.7 Å². The molecule has 0 bridgehead atoms. The third kappa shape index (κ3) is 4.84. The Bertz CT molecular complexity index is 942. The van der Waals surface area contributed by atoms with Gasteiger partial charge in [-0.05, 0) is 17.7 Å². The Hall–Kier alpha value is -3.12. The van der Waals surface area contributed by atoms with Gasteiger partial charge in [-0.15, -0.1) is 0 Å². The third-order valence-electron chi connectivity index (χ3n) is 5.37. The van der Waals surface area contributed by atoms with Crippen LogP contribution in [0.4, 0.5) is 0 Å². The maximum Gasteiger partial charge on any atom is 0.267 e. The van der Waals surface area contributed by atoms with E-state index < -0.39 is 0 Å². The number of para-hydroxylation sites is 1. The van der Waals surface area contributed by atoms with Gasteiger partial charge in [-0.25, -0.2) is 0 Å². The summed E-state index contributed by atoms with van der Waals surface area (Å²) in [5.74, 6) is -0.0806. The summed E-state index contributed by atoms with van der Waals surface area (Å²) in [6.45, 7) is 4.49. The van der Waals surface area contributed by atoms with E-state index in [0.717, 1.165) is 43.6 Å². The maximum atomic E-state index is 12.5. The standard InChI is InChI=1S/C23H26N4O2/c28-22(27-14-12-26(13-15-27)17-18-6-2-1-3-7-18)10-11-24-23(29)21-16-19-8-4-5-9-20(19)25-21/h1-9,16,25H,10-15,17H2,(H,24,29). The molecule has 1 aliphatic rings. The Morgan fingerprint density at radius 2 is 1.66 bits per heavy atom. The van der Waals surface area contributed by atoms with Crippen LogP contribution in [0.15, 0.2) is 60.7 Å². The van der Waals surface area contributed by atoms with Crippen LogP contribution < -0.4 is 5.32 Å². The largest absolute Gasteiger partial charge is 0.351 e. The summed E-state index contributed by atoms with van der Waals surface area (Å²) < 4.78 is 0. The zero-order chi connectivity index (χ0) is 20.1. The van der Waals surface area contributed by atoms with Crippen molar-refractivity contribution in [3.8, 4) is 0 Å². The molecule has 2 N–H and O–H groups in total. The fourth-order valence-electron chi connectivity index (χ4n) is 3.73. The zero-order valence-corrected chi connectivity index (χ0v) is 16.4. The van der Waals surface area contributed by atoms with Crippen LogP contribution >= 0.6 is 0 Å². The molecule has 2 amide bonds. The maximum absolute atomic E-state index is 12.5. The second-order valence-electron chi connectivity index (χ2n) is 7.42. The predicted molar refractivity (Wildman–Crippen MR) is 114 cm³/mol. The molecule has 2 aromatic carbocycles. The van der Waals surface area contributed by atoms with E-state index in [1.165, 1.54) is 5.56 Å². The van der Waals surface area contributed by atoms with E-state index in [4.69, 9.17) is 0 Å². The molecule has 1 fully saturated rings. The molecule has 2 heterocycles. The number of rotatable bonds is 6. The molecule has 6 nitrogen and oxygen atoms in total. The number of nitrogens with zero attached hydrogens (tertiary/aromatic N) is 2. The van der Waals surface area contributed by atoms with E-state index in [1.54, 1.807) is 0 Å². The van der Waals surface area contributed by atoms with Crippen LogP contribution in [0.2, 0.25) is 0 Å². The Morgan fingerprint density at radius 1 is 0.931 bits per heavy atom. The van der Waals surface area contributed by atoms with Crippen molar-refractivity contribution in [3.63, 3.8) is 0 Å². The topological polar surface area (TPSA) is 68.4 Å². The van der Waals surface area contributed by atoms with Crippen molar-refractivity contribution >= 4 is 22.7 Å². The van der Waals surface area contributed by atoms with Crippen LogP contribution in [0, 0.1) is 0 Å². The first-order chi connectivity index (χ1) is 14.2. The molecular weight excluding hydrogens is 364 g/mol. The molecule has 0 radical (unpaired) electrons. The number of carbonyl (C=O) groups is 2. The van der Waals surface area contributed by atoms with Crippen molar-refractivity contribution in [2.45, 2.75) is 13.0 Å². The average molecular weight is 390 g/mol. The summed E-state index contributed by atoms with van der Waals surface area (Å²) in [5, 5.41) is 3.85. The fourth-order valence-corrected chi connectivity index (χ4v) is 3.73. The normalized spacial score (nSPS) is 14.8. The number of hydrogen-bond acceptors (Lipinski definition) is 3. The molecule has 4 rings (SSSR count). The highest BCUT2D eigenvalue weighted by Crippen LogP contribution is 2.14. The van der Waals surface area contributed by atoms with Crippen molar-refractivity contribution in [1.29, 1.82) is 0 Å². The minimum atomic E-state index is -0.179. The minimum absolute atomic E-state index is 0.0984. The highest BCUT2D eigenvalue weighted by atomic mass is 16.2. The van der Waals surface area contributed by atoms with Crippen molar-refractivity contribution in [2.75, 3.05) is 32.7 Å². The van der Waals surface area contributed by atoms with Gasteiger partial charge in [0.05, 0.1) is 0 Å². The number of hydrogen-bond donors (Lipinski definition) is 2. The second-order valence-corrected chi connectivity index (χ2v) is 7.42. The van der Waals surface area contributed by atoms with Gasteiger partial charge in [-0.1, -0.05) is 48.5 Å². The summed E-state index contributed by atoms with van der Waals surface area (Å²) in [4.78, 5) is 32.2. The smallest absolute Gasteiger partial charge is 0.267 e. The number of carbonyl (C=O) groups excluding carboxylic acids is 2. The molecule has 29 heavy (non-hydrogen) atoms. The van der Waals surface area contributed by atoms with Gasteiger partial charge in [0.25, 0.3) is 5.91 Å². The van der Waals surface area contributed by atoms with Gasteiger partial charge in [0, 0.05) is 56.6 Å². The molecular formula is C23H26N4O2. The first kappa shape index (κ1) is 19.2. The monoisotopic (exact) mass is 390 g/mol. The van der Waals surface area contributed by atoms with Gasteiger partial charge in [0.15, 0.2) is 0 Å². The van der Waals surface area contributed by atoms with Crippen LogP contribution in [0.1, 0.15) is 22.5 Å². The van der Waals surface area contributed by atoms with Crippen molar-refractivity contribution in [3.05, 3.63) is 71.9 Å². The summed E-state index contributed by atoms with van der Waals surface area (Å²) in [5.41, 5.74) is 2.75. The molecule has 3 aromatic rings. The first-order valence-corrected chi connectivity index (χ1v) is 10.1. The Kier molecular flexibility index (Phi) is 5.91. The molecule has 0 atom stereocenters. The van der Waals surface area contributed by atoms with E-state index in [2.05, 4.69) is 39.5 Å². The van der Waals surface area contributed by atoms with Gasteiger partial charge < -0.3 is 15.2 Å². The summed E-state index contributed by atoms with van der Waals surface area (Å²) >= 11 is 0. The quantitative estimate of drug-likeness (QED) is 0.680. The summed E-state index contributed by atoms with van der Waals surface area (Å²) in [6, 6.07) is 20.0. The minimum Gasteiger partial charge on any atom is -0.351 e. The number of fused-ring (bicyclic) bond motifs is 1. The van der Waals surface area contributed by atoms with Crippen LogP contribution in [-0.2, 0) is 11.3 Å². The number of amides is 2. The number of nitrogens with one attached hydrogen (secondary N) is 2. The lowest BCUT2D eigenvalue weighted by atomic mass is 10.2. The highest BCUT2D eigenvalue weighted by molar-refractivity contribution is 5.98. The molecule has 1 aliphatic heterocycles. The highest BCUT2D eigenvalue weighted by Gasteiger charge is 2.21. The number of benzene rings is 2. The Balaban J connectivity index is 1.19. The van der Waals surface area contributed by atoms with E-state index >= 15 is 0 Å². The van der Waals surface area contributed by atoms with Crippen molar-refractivity contribution < 1.29 is 9.59 Å². The SMILES string of the molecule is O=C(NCCC(=O)N1CCN(Cc2ccccc2)CC1)c1cc2ccccc2[nH]1. The fraction of sp³-hybridized carbons (Fsp3) is 0.304. The van der Waals surface area contributed by atoms with Gasteiger partial charge in [-0.2, -0.15) is 0 Å². The predicted octanol–water partition coefficient (Wildman–Crippen LogP) is 2.63. The van der Waals surface area contributed by atoms with Crippen molar-refractivity contribution in [2.24, 2.45) is 0 Å². The molecule has 0 aliphatic carbocycles. The van der Waals surface area contributed by atoms with E-state index in [9.17, 15) is 9.59 Å². The van der Waals surface area contributed by atoms with Crippen LogP contribution in [0.3, 0.4) is 0 Å². The van der Waals surface area contributed by atoms with Crippen LogP contribution in [0.25, 0.3) is 10.9 Å². The van der Waals surface area contributed by atoms with Gasteiger partial charge in [0.1, 0.15) is 5.69 Å². The molecule has 0 saturated carbocycles. The second kappa shape index (κ2) is 8.92. The molecule has 150 valence electrons. The summed E-state index contributed by atoms with van der Waals surface area (Å²) in [7, 11) is 0.